The Labute approximate surface area is 244 Å². The van der Waals surface area contributed by atoms with Crippen LogP contribution in [0, 0.1) is 0 Å². The third-order valence-corrected chi connectivity index (χ3v) is 6.75. The van der Waals surface area contributed by atoms with Gasteiger partial charge in [0.15, 0.2) is 6.29 Å². The number of amides is 2. The number of carboxylic acids is 1. The Morgan fingerprint density at radius 1 is 0.952 bits per heavy atom. The van der Waals surface area contributed by atoms with Gasteiger partial charge in [-0.1, -0.05) is 42.5 Å². The Morgan fingerprint density at radius 3 is 2.33 bits per heavy atom. The highest BCUT2D eigenvalue weighted by Crippen LogP contribution is 2.24. The highest BCUT2D eigenvalue weighted by molar-refractivity contribution is 6.01. The van der Waals surface area contributed by atoms with E-state index in [9.17, 15) is 34.5 Å². The lowest BCUT2D eigenvalue weighted by Gasteiger charge is -2.36. The molecule has 0 radical (unpaired) electrons. The van der Waals surface area contributed by atoms with Crippen molar-refractivity contribution in [1.82, 2.24) is 5.32 Å². The van der Waals surface area contributed by atoms with E-state index in [2.05, 4.69) is 10.6 Å². The summed E-state index contributed by atoms with van der Waals surface area (Å²) in [6, 6.07) is 14.9. The van der Waals surface area contributed by atoms with Gasteiger partial charge in [0, 0.05) is 25.7 Å². The number of hydrogen-bond acceptors (Lipinski definition) is 9. The van der Waals surface area contributed by atoms with Crippen molar-refractivity contribution < 1.29 is 48.7 Å². The van der Waals surface area contributed by atoms with Gasteiger partial charge in [-0.2, -0.15) is 0 Å². The summed E-state index contributed by atoms with van der Waals surface area (Å²) in [5, 5.41) is 34.4. The minimum Gasteiger partial charge on any atom is -0.478 e. The number of carboxylic acid groups (broad SMARTS) is 1. The second-order valence-electron chi connectivity index (χ2n) is 10.2. The standard InChI is InChI=1S/C30H38N2O10/c1-18(40-30-24(34)16-23(33)19(2)41-30)12-15-28(37)42-25(20-8-4-3-5-9-20)17-31-26(35)13-14-27(36)32-22-11-7-6-10-21(22)29(38)39/h3-11,18-19,23-25,30,33-34H,12-17H2,1-2H3,(H,31,35)(H,32,36)(H,38,39)/t18-,19+,23-,24-,25+,30-/m1/s1. The van der Waals surface area contributed by atoms with Crippen molar-refractivity contribution in [1.29, 1.82) is 0 Å². The third kappa shape index (κ3) is 10.2. The number of nitrogens with one attached hydrogen (secondary N) is 2. The van der Waals surface area contributed by atoms with Gasteiger partial charge in [-0.3, -0.25) is 14.4 Å². The number of aromatic carboxylic acids is 1. The topological polar surface area (TPSA) is 181 Å². The van der Waals surface area contributed by atoms with E-state index in [0.717, 1.165) is 0 Å². The zero-order valence-electron chi connectivity index (χ0n) is 23.6. The van der Waals surface area contributed by atoms with Crippen LogP contribution in [0.2, 0.25) is 0 Å². The van der Waals surface area contributed by atoms with E-state index in [0.29, 0.717) is 5.56 Å². The molecule has 12 nitrogen and oxygen atoms in total. The van der Waals surface area contributed by atoms with E-state index >= 15 is 0 Å². The van der Waals surface area contributed by atoms with Gasteiger partial charge in [-0.25, -0.2) is 4.79 Å². The van der Waals surface area contributed by atoms with Crippen molar-refractivity contribution in [3.8, 4) is 0 Å². The summed E-state index contributed by atoms with van der Waals surface area (Å²) in [6.45, 7) is 3.41. The van der Waals surface area contributed by atoms with Crippen molar-refractivity contribution in [3.05, 3.63) is 65.7 Å². The van der Waals surface area contributed by atoms with Crippen molar-refractivity contribution >= 4 is 29.4 Å². The fourth-order valence-electron chi connectivity index (χ4n) is 4.31. The van der Waals surface area contributed by atoms with Crippen LogP contribution in [0.1, 0.15) is 68.0 Å². The lowest BCUT2D eigenvalue weighted by atomic mass is 10.0. The molecule has 1 aliphatic rings. The molecular weight excluding hydrogens is 548 g/mol. The number of para-hydroxylation sites is 1. The quantitative estimate of drug-likeness (QED) is 0.206. The first-order chi connectivity index (χ1) is 20.0. The van der Waals surface area contributed by atoms with Gasteiger partial charge in [-0.05, 0) is 38.0 Å². The summed E-state index contributed by atoms with van der Waals surface area (Å²) >= 11 is 0. The number of anilines is 1. The van der Waals surface area contributed by atoms with Crippen LogP contribution in [-0.4, -0.2) is 76.3 Å². The molecule has 0 aliphatic carbocycles. The maximum atomic E-state index is 12.7. The van der Waals surface area contributed by atoms with Gasteiger partial charge in [0.2, 0.25) is 11.8 Å². The number of aliphatic hydroxyl groups excluding tert-OH is 2. The summed E-state index contributed by atoms with van der Waals surface area (Å²) < 4.78 is 16.9. The monoisotopic (exact) mass is 586 g/mol. The number of carbonyl (C=O) groups excluding carboxylic acids is 3. The summed E-state index contributed by atoms with van der Waals surface area (Å²) in [5.41, 5.74) is 0.754. The molecule has 0 spiro atoms. The van der Waals surface area contributed by atoms with E-state index in [1.165, 1.54) is 12.1 Å². The van der Waals surface area contributed by atoms with Gasteiger partial charge < -0.3 is 40.2 Å². The lowest BCUT2D eigenvalue weighted by Crippen LogP contribution is -2.48. The molecule has 2 aromatic carbocycles. The molecule has 6 atom stereocenters. The predicted molar refractivity (Wildman–Crippen MR) is 150 cm³/mol. The van der Waals surface area contributed by atoms with Crippen LogP contribution in [-0.2, 0) is 28.6 Å². The summed E-state index contributed by atoms with van der Waals surface area (Å²) in [6.07, 6.45) is -4.27. The third-order valence-electron chi connectivity index (χ3n) is 6.75. The van der Waals surface area contributed by atoms with Crippen molar-refractivity contribution in [2.75, 3.05) is 11.9 Å². The van der Waals surface area contributed by atoms with Gasteiger partial charge in [-0.15, -0.1) is 0 Å². The fraction of sp³-hybridized carbons (Fsp3) is 0.467. The fourth-order valence-corrected chi connectivity index (χ4v) is 4.31. The summed E-state index contributed by atoms with van der Waals surface area (Å²) in [4.78, 5) is 48.8. The molecule has 3 rings (SSSR count). The summed E-state index contributed by atoms with van der Waals surface area (Å²) in [7, 11) is 0. The number of carbonyl (C=O) groups is 4. The molecule has 5 N–H and O–H groups in total. The smallest absolute Gasteiger partial charge is 0.337 e. The van der Waals surface area contributed by atoms with Gasteiger partial charge in [0.1, 0.15) is 12.2 Å². The van der Waals surface area contributed by atoms with E-state index in [4.69, 9.17) is 14.2 Å². The van der Waals surface area contributed by atoms with Crippen LogP contribution in [0.25, 0.3) is 0 Å². The Hall–Kier alpha value is -3.84. The molecule has 12 heteroatoms. The van der Waals surface area contributed by atoms with Gasteiger partial charge in [0.25, 0.3) is 0 Å². The van der Waals surface area contributed by atoms with E-state index in [-0.39, 0.29) is 49.9 Å². The normalized spacial score (nSPS) is 21.5. The Kier molecular flexibility index (Phi) is 12.4. The number of benzene rings is 2. The molecule has 1 heterocycles. The molecule has 42 heavy (non-hydrogen) atoms. The Bertz CT molecular complexity index is 1210. The maximum absolute atomic E-state index is 12.7. The molecule has 0 bridgehead atoms. The molecule has 2 amide bonds. The molecule has 228 valence electrons. The molecule has 0 saturated carbocycles. The SMILES string of the molecule is C[C@H](CCC(=O)O[C@@H](CNC(=O)CCC(=O)Nc1ccccc1C(=O)O)c1ccccc1)O[C@@H]1O[C@@H](C)[C@H](O)C[C@H]1O. The Morgan fingerprint density at radius 2 is 1.62 bits per heavy atom. The average Bonchev–Trinajstić information content (AvgIpc) is 2.96. The minimum absolute atomic E-state index is 0.0113. The minimum atomic E-state index is -1.18. The van der Waals surface area contributed by atoms with Crippen LogP contribution < -0.4 is 10.6 Å². The Balaban J connectivity index is 1.46. The highest BCUT2D eigenvalue weighted by Gasteiger charge is 2.35. The van der Waals surface area contributed by atoms with Gasteiger partial charge >= 0.3 is 11.9 Å². The van der Waals surface area contributed by atoms with E-state index < -0.39 is 60.6 Å². The summed E-state index contributed by atoms with van der Waals surface area (Å²) in [5.74, 6) is -2.66. The second kappa shape index (κ2) is 16.0. The predicted octanol–water partition coefficient (Wildman–Crippen LogP) is 2.55. The van der Waals surface area contributed by atoms with Crippen LogP contribution in [0.15, 0.2) is 54.6 Å². The zero-order chi connectivity index (χ0) is 30.6. The molecule has 2 aromatic rings. The average molecular weight is 587 g/mol. The molecule has 1 aliphatic heterocycles. The largest absolute Gasteiger partial charge is 0.478 e. The van der Waals surface area contributed by atoms with Crippen molar-refractivity contribution in [2.24, 2.45) is 0 Å². The van der Waals surface area contributed by atoms with E-state index in [1.807, 2.05) is 6.07 Å². The number of esters is 1. The van der Waals surface area contributed by atoms with E-state index in [1.54, 1.807) is 50.2 Å². The van der Waals surface area contributed by atoms with Crippen LogP contribution in [0.4, 0.5) is 5.69 Å². The molecule has 1 fully saturated rings. The van der Waals surface area contributed by atoms with Crippen LogP contribution in [0.5, 0.6) is 0 Å². The van der Waals surface area contributed by atoms with Crippen molar-refractivity contribution in [2.45, 2.75) is 82.8 Å². The van der Waals surface area contributed by atoms with Crippen molar-refractivity contribution in [3.63, 3.8) is 0 Å². The zero-order valence-corrected chi connectivity index (χ0v) is 23.6. The molecule has 0 aromatic heterocycles. The number of aliphatic hydroxyl groups is 2. The second-order valence-corrected chi connectivity index (χ2v) is 10.2. The van der Waals surface area contributed by atoms with Crippen LogP contribution in [0.3, 0.4) is 0 Å². The highest BCUT2D eigenvalue weighted by atomic mass is 16.7. The number of hydrogen-bond donors (Lipinski definition) is 5. The van der Waals surface area contributed by atoms with Gasteiger partial charge in [0.05, 0.1) is 36.1 Å². The first-order valence-corrected chi connectivity index (χ1v) is 13.8. The van der Waals surface area contributed by atoms with Crippen LogP contribution >= 0.6 is 0 Å². The molecular formula is C30H38N2O10. The number of ether oxygens (including phenoxy) is 3. The maximum Gasteiger partial charge on any atom is 0.337 e. The molecule has 0 unspecified atom stereocenters. The molecule has 1 saturated heterocycles. The first kappa shape index (κ1) is 32.7. The number of rotatable bonds is 14. The first-order valence-electron chi connectivity index (χ1n) is 13.8. The lowest BCUT2D eigenvalue weighted by molar-refractivity contribution is -0.273.